The number of rotatable bonds is 5. The van der Waals surface area contributed by atoms with Gasteiger partial charge in [0.1, 0.15) is 0 Å². The van der Waals surface area contributed by atoms with Gasteiger partial charge in [-0.2, -0.15) is 5.10 Å². The molecule has 0 aromatic heterocycles. The van der Waals surface area contributed by atoms with E-state index in [4.69, 9.17) is 9.47 Å². The Morgan fingerprint density at radius 3 is 2.70 bits per heavy atom. The second-order valence-electron chi connectivity index (χ2n) is 4.51. The van der Waals surface area contributed by atoms with Crippen LogP contribution in [0.4, 0.5) is 0 Å². The number of ether oxygens (including phenoxy) is 2. The monoisotopic (exact) mass is 276 g/mol. The van der Waals surface area contributed by atoms with Gasteiger partial charge in [-0.15, -0.1) is 0 Å². The van der Waals surface area contributed by atoms with E-state index in [-0.39, 0.29) is 11.8 Å². The fourth-order valence-electron chi connectivity index (χ4n) is 1.61. The van der Waals surface area contributed by atoms with Gasteiger partial charge in [0.25, 0.3) is 0 Å². The quantitative estimate of drug-likeness (QED) is 0.382. The summed E-state index contributed by atoms with van der Waals surface area (Å²) in [6, 6.07) is 5.00. The van der Waals surface area contributed by atoms with Crippen molar-refractivity contribution in [1.29, 1.82) is 0 Å². The van der Waals surface area contributed by atoms with Gasteiger partial charge in [-0.1, -0.05) is 0 Å². The van der Waals surface area contributed by atoms with Crippen LogP contribution in [0.25, 0.3) is 0 Å². The standard InChI is InChI=1S/C14H16N2O4/c1-9(17)20-12-6-3-10(7-13(12)19-2)8-15-16-14(18)11-4-5-11/h3,6-8,11H,4-5H2,1-2H3,(H,16,18)/b15-8-. The fourth-order valence-corrected chi connectivity index (χ4v) is 1.61. The number of nitrogens with zero attached hydrogens (tertiary/aromatic N) is 1. The van der Waals surface area contributed by atoms with Crippen molar-refractivity contribution in [3.63, 3.8) is 0 Å². The van der Waals surface area contributed by atoms with Gasteiger partial charge in [0.15, 0.2) is 11.5 Å². The lowest BCUT2D eigenvalue weighted by Gasteiger charge is -2.08. The third-order valence-corrected chi connectivity index (χ3v) is 2.78. The van der Waals surface area contributed by atoms with Crippen molar-refractivity contribution in [2.75, 3.05) is 7.11 Å². The summed E-state index contributed by atoms with van der Waals surface area (Å²) in [6.07, 6.45) is 3.39. The molecule has 2 rings (SSSR count). The molecule has 1 aromatic carbocycles. The van der Waals surface area contributed by atoms with E-state index in [2.05, 4.69) is 10.5 Å². The second kappa shape index (κ2) is 6.18. The van der Waals surface area contributed by atoms with Crippen LogP contribution in [0.3, 0.4) is 0 Å². The minimum Gasteiger partial charge on any atom is -0.493 e. The number of hydrogen-bond donors (Lipinski definition) is 1. The molecule has 1 aliphatic carbocycles. The first kappa shape index (κ1) is 14.0. The number of carbonyl (C=O) groups excluding carboxylic acids is 2. The highest BCUT2D eigenvalue weighted by Crippen LogP contribution is 2.29. The summed E-state index contributed by atoms with van der Waals surface area (Å²) in [6.45, 7) is 1.32. The Balaban J connectivity index is 2.02. The lowest BCUT2D eigenvalue weighted by molar-refractivity contribution is -0.132. The summed E-state index contributed by atoms with van der Waals surface area (Å²) in [7, 11) is 1.48. The maximum Gasteiger partial charge on any atom is 0.308 e. The minimum atomic E-state index is -0.415. The molecule has 0 heterocycles. The molecule has 0 bridgehead atoms. The van der Waals surface area contributed by atoms with E-state index in [1.165, 1.54) is 20.2 Å². The molecule has 1 aromatic rings. The van der Waals surface area contributed by atoms with E-state index < -0.39 is 5.97 Å². The topological polar surface area (TPSA) is 77.0 Å². The first-order valence-electron chi connectivity index (χ1n) is 6.29. The van der Waals surface area contributed by atoms with Crippen molar-refractivity contribution in [1.82, 2.24) is 5.43 Å². The molecule has 6 heteroatoms. The highest BCUT2D eigenvalue weighted by molar-refractivity contribution is 5.85. The Morgan fingerprint density at radius 1 is 1.35 bits per heavy atom. The average molecular weight is 276 g/mol. The first-order chi connectivity index (χ1) is 9.60. The molecule has 20 heavy (non-hydrogen) atoms. The molecule has 6 nitrogen and oxygen atoms in total. The first-order valence-corrected chi connectivity index (χ1v) is 6.29. The molecule has 1 aliphatic rings. The Morgan fingerprint density at radius 2 is 2.10 bits per heavy atom. The maximum absolute atomic E-state index is 11.4. The predicted octanol–water partition coefficient (Wildman–Crippen LogP) is 1.48. The smallest absolute Gasteiger partial charge is 0.308 e. The number of carbonyl (C=O) groups is 2. The molecule has 0 spiro atoms. The predicted molar refractivity (Wildman–Crippen MR) is 72.8 cm³/mol. The Kier molecular flexibility index (Phi) is 4.34. The van der Waals surface area contributed by atoms with Crippen LogP contribution >= 0.6 is 0 Å². The average Bonchev–Trinajstić information content (AvgIpc) is 3.24. The van der Waals surface area contributed by atoms with Gasteiger partial charge in [0.05, 0.1) is 13.3 Å². The number of nitrogens with one attached hydrogen (secondary N) is 1. The summed E-state index contributed by atoms with van der Waals surface area (Å²) in [5.41, 5.74) is 3.21. The number of hydrogen-bond acceptors (Lipinski definition) is 5. The van der Waals surface area contributed by atoms with Crippen molar-refractivity contribution in [3.8, 4) is 11.5 Å². The SMILES string of the molecule is COc1cc(/C=N\NC(=O)C2CC2)ccc1OC(C)=O. The van der Waals surface area contributed by atoms with Gasteiger partial charge in [-0.05, 0) is 36.6 Å². The van der Waals surface area contributed by atoms with E-state index in [1.807, 2.05) is 0 Å². The number of hydrazone groups is 1. The molecular formula is C14H16N2O4. The maximum atomic E-state index is 11.4. The highest BCUT2D eigenvalue weighted by Gasteiger charge is 2.29. The van der Waals surface area contributed by atoms with Gasteiger partial charge in [0, 0.05) is 12.8 Å². The zero-order valence-electron chi connectivity index (χ0n) is 11.4. The molecule has 1 fully saturated rings. The van der Waals surface area contributed by atoms with Gasteiger partial charge in [0.2, 0.25) is 5.91 Å². The Labute approximate surface area is 116 Å². The molecule has 1 saturated carbocycles. The molecule has 1 N–H and O–H groups in total. The van der Waals surface area contributed by atoms with Gasteiger partial charge in [-0.25, -0.2) is 5.43 Å². The van der Waals surface area contributed by atoms with E-state index in [0.717, 1.165) is 18.4 Å². The Bertz CT molecular complexity index is 550. The minimum absolute atomic E-state index is 0.0512. The zero-order chi connectivity index (χ0) is 14.5. The highest BCUT2D eigenvalue weighted by atomic mass is 16.6. The van der Waals surface area contributed by atoms with E-state index in [9.17, 15) is 9.59 Å². The largest absolute Gasteiger partial charge is 0.493 e. The molecule has 106 valence electrons. The van der Waals surface area contributed by atoms with Crippen molar-refractivity contribution in [2.24, 2.45) is 11.0 Å². The van der Waals surface area contributed by atoms with Crippen LogP contribution in [0.1, 0.15) is 25.3 Å². The van der Waals surface area contributed by atoms with Crippen LogP contribution in [0.5, 0.6) is 11.5 Å². The van der Waals surface area contributed by atoms with E-state index in [1.54, 1.807) is 18.2 Å². The Hall–Kier alpha value is -2.37. The zero-order valence-corrected chi connectivity index (χ0v) is 11.4. The molecule has 1 amide bonds. The van der Waals surface area contributed by atoms with Gasteiger partial charge in [-0.3, -0.25) is 9.59 Å². The molecule has 0 atom stereocenters. The molecule has 0 aliphatic heterocycles. The molecule has 0 unspecified atom stereocenters. The van der Waals surface area contributed by atoms with Crippen molar-refractivity contribution < 1.29 is 19.1 Å². The van der Waals surface area contributed by atoms with E-state index >= 15 is 0 Å². The van der Waals surface area contributed by atoms with Gasteiger partial charge < -0.3 is 9.47 Å². The van der Waals surface area contributed by atoms with Crippen molar-refractivity contribution >= 4 is 18.1 Å². The third kappa shape index (κ3) is 3.81. The molecular weight excluding hydrogens is 260 g/mol. The summed E-state index contributed by atoms with van der Waals surface area (Å²) in [5, 5.41) is 3.88. The second-order valence-corrected chi connectivity index (χ2v) is 4.51. The lowest BCUT2D eigenvalue weighted by atomic mass is 10.2. The number of amides is 1. The molecule has 0 radical (unpaired) electrons. The molecule has 0 saturated heterocycles. The summed E-state index contributed by atoms with van der Waals surface area (Å²) in [5.74, 6) is 0.427. The number of benzene rings is 1. The number of esters is 1. The summed E-state index contributed by atoms with van der Waals surface area (Å²) < 4.78 is 10.1. The number of methoxy groups -OCH3 is 1. The van der Waals surface area contributed by atoms with Crippen LogP contribution in [-0.4, -0.2) is 25.2 Å². The van der Waals surface area contributed by atoms with Crippen LogP contribution in [-0.2, 0) is 9.59 Å². The van der Waals surface area contributed by atoms with Crippen LogP contribution in [0.15, 0.2) is 23.3 Å². The lowest BCUT2D eigenvalue weighted by Crippen LogP contribution is -2.18. The van der Waals surface area contributed by atoms with Gasteiger partial charge >= 0.3 is 5.97 Å². The fraction of sp³-hybridized carbons (Fsp3) is 0.357. The van der Waals surface area contributed by atoms with Crippen LogP contribution in [0, 0.1) is 5.92 Å². The van der Waals surface area contributed by atoms with Crippen LogP contribution in [0.2, 0.25) is 0 Å². The third-order valence-electron chi connectivity index (χ3n) is 2.78. The summed E-state index contributed by atoms with van der Waals surface area (Å²) >= 11 is 0. The normalized spacial score (nSPS) is 14.1. The van der Waals surface area contributed by atoms with Crippen molar-refractivity contribution in [3.05, 3.63) is 23.8 Å². The van der Waals surface area contributed by atoms with Crippen molar-refractivity contribution in [2.45, 2.75) is 19.8 Å². The van der Waals surface area contributed by atoms with Crippen LogP contribution < -0.4 is 14.9 Å². The summed E-state index contributed by atoms with van der Waals surface area (Å²) in [4.78, 5) is 22.3. The van der Waals surface area contributed by atoms with E-state index in [0.29, 0.717) is 11.5 Å².